The van der Waals surface area contributed by atoms with E-state index in [-0.39, 0.29) is 5.56 Å². The van der Waals surface area contributed by atoms with E-state index in [2.05, 4.69) is 22.0 Å². The quantitative estimate of drug-likeness (QED) is 0.707. The summed E-state index contributed by atoms with van der Waals surface area (Å²) in [5, 5.41) is 9.56. The monoisotopic (exact) mass is 410 g/mol. The van der Waals surface area contributed by atoms with Gasteiger partial charge in [-0.2, -0.15) is 5.26 Å². The molecule has 0 heterocycles. The number of nitriles is 1. The van der Waals surface area contributed by atoms with Crippen molar-refractivity contribution in [3.63, 3.8) is 0 Å². The fraction of sp³-hybridized carbons (Fsp3) is 0.500. The summed E-state index contributed by atoms with van der Waals surface area (Å²) < 4.78 is 19.4. The predicted octanol–water partition coefficient (Wildman–Crippen LogP) is 3.82. The molecule has 0 saturated heterocycles. The van der Waals surface area contributed by atoms with Gasteiger partial charge in [0.05, 0.1) is 11.6 Å². The van der Waals surface area contributed by atoms with Crippen LogP contribution in [0.3, 0.4) is 0 Å². The third kappa shape index (κ3) is 4.18. The van der Waals surface area contributed by atoms with Crippen LogP contribution in [-0.4, -0.2) is 35.5 Å². The van der Waals surface area contributed by atoms with E-state index in [1.165, 1.54) is 24.0 Å². The zero-order valence-corrected chi connectivity index (χ0v) is 15.8. The molecule has 1 saturated carbocycles. The minimum Gasteiger partial charge on any atom is -0.449 e. The normalized spacial score (nSPS) is 17.2. The lowest BCUT2D eigenvalue weighted by molar-refractivity contribution is -0.143. The van der Waals surface area contributed by atoms with Gasteiger partial charge in [-0.1, -0.05) is 35.2 Å². The number of hydrogen-bond acceptors (Lipinski definition) is 4. The molecule has 0 aliphatic heterocycles. The van der Waals surface area contributed by atoms with Crippen LogP contribution in [0.1, 0.15) is 49.4 Å². The fourth-order valence-electron chi connectivity index (χ4n) is 3.07. The van der Waals surface area contributed by atoms with E-state index in [9.17, 15) is 19.2 Å². The molecule has 1 aliphatic rings. The van der Waals surface area contributed by atoms with E-state index in [0.717, 1.165) is 25.3 Å². The highest BCUT2D eigenvalue weighted by Gasteiger charge is 2.40. The lowest BCUT2D eigenvalue weighted by Gasteiger charge is -2.39. The first-order valence-electron chi connectivity index (χ1n) is 8.16. The van der Waals surface area contributed by atoms with Crippen LogP contribution in [0.5, 0.6) is 0 Å². The van der Waals surface area contributed by atoms with Gasteiger partial charge in [0.1, 0.15) is 11.4 Å². The molecular weight excluding hydrogens is 391 g/mol. The lowest BCUT2D eigenvalue weighted by atomic mass is 9.81. The van der Waals surface area contributed by atoms with E-state index in [0.29, 0.717) is 17.3 Å². The summed E-state index contributed by atoms with van der Waals surface area (Å²) >= 11 is 3.17. The van der Waals surface area contributed by atoms with Crippen molar-refractivity contribution < 1.29 is 18.7 Å². The zero-order valence-electron chi connectivity index (χ0n) is 14.2. The molecule has 1 fully saturated rings. The Balaban J connectivity index is 2.10. The Labute approximate surface area is 154 Å². The third-order valence-electron chi connectivity index (χ3n) is 4.64. The van der Waals surface area contributed by atoms with Gasteiger partial charge in [-0.15, -0.1) is 0 Å². The van der Waals surface area contributed by atoms with Crippen LogP contribution >= 0.6 is 15.9 Å². The molecule has 1 atom stereocenters. The molecule has 1 aromatic rings. The smallest absolute Gasteiger partial charge is 0.341 e. The summed E-state index contributed by atoms with van der Waals surface area (Å²) in [6, 6.07) is 6.17. The van der Waals surface area contributed by atoms with Crippen molar-refractivity contribution in [2.24, 2.45) is 0 Å². The average molecular weight is 411 g/mol. The third-order valence-corrected chi connectivity index (χ3v) is 5.13. The number of ether oxygens (including phenoxy) is 1. The molecule has 1 aromatic carbocycles. The van der Waals surface area contributed by atoms with Crippen molar-refractivity contribution >= 4 is 27.8 Å². The van der Waals surface area contributed by atoms with Gasteiger partial charge in [0, 0.05) is 11.5 Å². The lowest BCUT2D eigenvalue weighted by Crippen LogP contribution is -2.53. The minimum absolute atomic E-state index is 0.246. The van der Waals surface area contributed by atoms with Crippen LogP contribution in [0.4, 0.5) is 4.39 Å². The number of benzene rings is 1. The summed E-state index contributed by atoms with van der Waals surface area (Å²) in [5.74, 6) is -2.10. The molecular formula is C18H20BrFN2O3. The van der Waals surface area contributed by atoms with E-state index in [1.807, 2.05) is 0 Å². The molecule has 0 radical (unpaired) electrons. The SMILES string of the molecule is C[C@H](OC(=O)c1cc(Br)ccc1F)C(=O)N(C)C1(C#N)CCCCC1. The largest absolute Gasteiger partial charge is 0.449 e. The fourth-order valence-corrected chi connectivity index (χ4v) is 3.43. The van der Waals surface area contributed by atoms with Crippen LogP contribution in [0.15, 0.2) is 22.7 Å². The number of carbonyl (C=O) groups is 2. The standard InChI is InChI=1S/C18H20BrFN2O3/c1-12(25-17(24)14-10-13(19)6-7-15(14)20)16(23)22(2)18(11-21)8-4-3-5-9-18/h6-7,10,12H,3-5,8-9H2,1-2H3/t12-/m0/s1. The van der Waals surface area contributed by atoms with Gasteiger partial charge in [0.15, 0.2) is 6.10 Å². The Kier molecular flexibility index (Phi) is 6.17. The highest BCUT2D eigenvalue weighted by Crippen LogP contribution is 2.33. The maximum Gasteiger partial charge on any atom is 0.341 e. The number of hydrogen-bond donors (Lipinski definition) is 0. The van der Waals surface area contributed by atoms with Crippen molar-refractivity contribution in [3.8, 4) is 6.07 Å². The molecule has 2 rings (SSSR count). The Hall–Kier alpha value is -1.94. The Morgan fingerprint density at radius 3 is 2.60 bits per heavy atom. The van der Waals surface area contributed by atoms with Gasteiger partial charge in [-0.3, -0.25) is 4.79 Å². The molecule has 25 heavy (non-hydrogen) atoms. The summed E-state index contributed by atoms with van der Waals surface area (Å²) in [6.07, 6.45) is 2.89. The maximum atomic E-state index is 13.8. The average Bonchev–Trinajstić information content (AvgIpc) is 2.62. The first-order valence-corrected chi connectivity index (χ1v) is 8.95. The van der Waals surface area contributed by atoms with Crippen LogP contribution in [0.2, 0.25) is 0 Å². The molecule has 0 bridgehead atoms. The van der Waals surface area contributed by atoms with Crippen molar-refractivity contribution in [1.29, 1.82) is 5.26 Å². The molecule has 5 nitrogen and oxygen atoms in total. The van der Waals surface area contributed by atoms with Crippen LogP contribution < -0.4 is 0 Å². The van der Waals surface area contributed by atoms with E-state index in [4.69, 9.17) is 4.74 Å². The number of carbonyl (C=O) groups excluding carboxylic acids is 2. The number of amides is 1. The van der Waals surface area contributed by atoms with Gasteiger partial charge in [0.2, 0.25) is 0 Å². The number of esters is 1. The first kappa shape index (κ1) is 19.4. The van der Waals surface area contributed by atoms with Crippen molar-refractivity contribution in [3.05, 3.63) is 34.1 Å². The number of rotatable bonds is 4. The van der Waals surface area contributed by atoms with Crippen molar-refractivity contribution in [2.45, 2.75) is 50.7 Å². The van der Waals surface area contributed by atoms with Crippen LogP contribution in [0, 0.1) is 17.1 Å². The van der Waals surface area contributed by atoms with Crippen molar-refractivity contribution in [1.82, 2.24) is 4.90 Å². The van der Waals surface area contributed by atoms with E-state index in [1.54, 1.807) is 7.05 Å². The van der Waals surface area contributed by atoms with Gasteiger partial charge in [0.25, 0.3) is 5.91 Å². The molecule has 7 heteroatoms. The summed E-state index contributed by atoms with van der Waals surface area (Å²) in [5.41, 5.74) is -1.11. The first-order chi connectivity index (χ1) is 11.8. The number of halogens is 2. The molecule has 0 spiro atoms. The second-order valence-corrected chi connectivity index (χ2v) is 7.19. The second kappa shape index (κ2) is 7.96. The van der Waals surface area contributed by atoms with E-state index < -0.39 is 29.3 Å². The number of likely N-dealkylation sites (N-methyl/N-ethyl adjacent to an activating group) is 1. The molecule has 1 amide bonds. The highest BCUT2D eigenvalue weighted by molar-refractivity contribution is 9.10. The van der Waals surface area contributed by atoms with Crippen molar-refractivity contribution in [2.75, 3.05) is 7.05 Å². The van der Waals surface area contributed by atoms with Gasteiger partial charge in [-0.05, 0) is 38.0 Å². The minimum atomic E-state index is -1.11. The van der Waals surface area contributed by atoms with Gasteiger partial charge in [-0.25, -0.2) is 9.18 Å². The second-order valence-electron chi connectivity index (χ2n) is 6.27. The molecule has 1 aliphatic carbocycles. The Morgan fingerprint density at radius 1 is 1.36 bits per heavy atom. The van der Waals surface area contributed by atoms with Gasteiger partial charge < -0.3 is 9.64 Å². The summed E-state index contributed by atoms with van der Waals surface area (Å²) in [7, 11) is 1.56. The molecule has 134 valence electrons. The Morgan fingerprint density at radius 2 is 2.00 bits per heavy atom. The number of nitrogens with zero attached hydrogens (tertiary/aromatic N) is 2. The predicted molar refractivity (Wildman–Crippen MR) is 93.2 cm³/mol. The van der Waals surface area contributed by atoms with E-state index >= 15 is 0 Å². The molecule has 0 N–H and O–H groups in total. The summed E-state index contributed by atoms with van der Waals surface area (Å²) in [6.45, 7) is 1.43. The highest BCUT2D eigenvalue weighted by atomic mass is 79.9. The Bertz CT molecular complexity index is 711. The maximum absolute atomic E-state index is 13.8. The van der Waals surface area contributed by atoms with Gasteiger partial charge >= 0.3 is 5.97 Å². The summed E-state index contributed by atoms with van der Waals surface area (Å²) in [4.78, 5) is 26.2. The molecule has 0 aromatic heterocycles. The zero-order chi connectivity index (χ0) is 18.6. The van der Waals surface area contributed by atoms with Crippen LogP contribution in [-0.2, 0) is 9.53 Å². The molecule has 0 unspecified atom stereocenters. The topological polar surface area (TPSA) is 70.4 Å². The van der Waals surface area contributed by atoms with Crippen LogP contribution in [0.25, 0.3) is 0 Å².